The van der Waals surface area contributed by atoms with E-state index in [0.717, 1.165) is 6.07 Å². The number of aryl methyl sites for hydroxylation is 3. The molecule has 0 spiro atoms. The molecular weight excluding hydrogens is 369 g/mol. The molecule has 0 fully saturated rings. The summed E-state index contributed by atoms with van der Waals surface area (Å²) in [6.07, 6.45) is 0. The molecule has 132 valence electrons. The molecule has 3 aromatic rings. The Morgan fingerprint density at radius 3 is 2.28 bits per heavy atom. The molecule has 9 heteroatoms. The van der Waals surface area contributed by atoms with E-state index >= 15 is 0 Å². The topological polar surface area (TPSA) is 73.1 Å². The van der Waals surface area contributed by atoms with Gasteiger partial charge in [-0.3, -0.25) is 13.9 Å². The number of benzene rings is 2. The van der Waals surface area contributed by atoms with Crippen molar-refractivity contribution in [3.8, 4) is 0 Å². The van der Waals surface area contributed by atoms with E-state index in [9.17, 15) is 17.6 Å². The van der Waals surface area contributed by atoms with E-state index in [1.807, 2.05) is 0 Å². The zero-order chi connectivity index (χ0) is 18.5. The van der Waals surface area contributed by atoms with E-state index in [1.54, 1.807) is 14.1 Å². The molecule has 0 bridgehead atoms. The van der Waals surface area contributed by atoms with Gasteiger partial charge in [-0.05, 0) is 42.8 Å². The number of fused-ring (bicyclic) bond motifs is 1. The van der Waals surface area contributed by atoms with Crippen molar-refractivity contribution in [3.05, 3.63) is 57.2 Å². The number of hydrogen-bond acceptors (Lipinski definition) is 3. The Hall–Kier alpha value is -2.32. The molecule has 3 rings (SSSR count). The lowest BCUT2D eigenvalue weighted by atomic mass is 10.2. The van der Waals surface area contributed by atoms with Gasteiger partial charge in [-0.2, -0.15) is 0 Å². The van der Waals surface area contributed by atoms with Crippen LogP contribution in [-0.2, 0) is 24.1 Å². The first-order valence-corrected chi connectivity index (χ1v) is 9.12. The number of sulfonamides is 1. The van der Waals surface area contributed by atoms with Gasteiger partial charge in [0.2, 0.25) is 0 Å². The Morgan fingerprint density at radius 1 is 1.08 bits per heavy atom. The van der Waals surface area contributed by atoms with Gasteiger partial charge in [0, 0.05) is 14.1 Å². The van der Waals surface area contributed by atoms with Crippen LogP contribution >= 0.6 is 11.6 Å². The van der Waals surface area contributed by atoms with E-state index in [1.165, 1.54) is 40.3 Å². The first-order valence-electron chi connectivity index (χ1n) is 7.26. The Labute approximate surface area is 148 Å². The summed E-state index contributed by atoms with van der Waals surface area (Å²) in [5.41, 5.74) is 1.22. The van der Waals surface area contributed by atoms with Crippen molar-refractivity contribution in [2.24, 2.45) is 14.1 Å². The van der Waals surface area contributed by atoms with Crippen LogP contribution in [0.1, 0.15) is 5.56 Å². The Morgan fingerprint density at radius 2 is 1.68 bits per heavy atom. The number of rotatable bonds is 3. The molecule has 1 heterocycles. The van der Waals surface area contributed by atoms with Crippen LogP contribution in [-0.4, -0.2) is 17.6 Å². The molecule has 0 aliphatic carbocycles. The number of halogens is 2. The highest BCUT2D eigenvalue weighted by Crippen LogP contribution is 2.29. The monoisotopic (exact) mass is 383 g/mol. The molecule has 0 aliphatic rings. The molecule has 2 aromatic carbocycles. The number of nitrogens with one attached hydrogen (secondary N) is 1. The zero-order valence-electron chi connectivity index (χ0n) is 13.7. The van der Waals surface area contributed by atoms with Crippen molar-refractivity contribution < 1.29 is 12.8 Å². The van der Waals surface area contributed by atoms with Crippen LogP contribution in [0, 0.1) is 12.7 Å². The number of hydrogen-bond donors (Lipinski definition) is 1. The molecule has 0 radical (unpaired) electrons. The van der Waals surface area contributed by atoms with Crippen LogP contribution in [0.25, 0.3) is 11.0 Å². The van der Waals surface area contributed by atoms with E-state index in [4.69, 9.17) is 11.6 Å². The molecule has 0 atom stereocenters. The first-order chi connectivity index (χ1) is 11.6. The molecule has 1 N–H and O–H groups in total. The fraction of sp³-hybridized carbons (Fsp3) is 0.188. The van der Waals surface area contributed by atoms with Gasteiger partial charge >= 0.3 is 5.69 Å². The summed E-state index contributed by atoms with van der Waals surface area (Å²) in [4.78, 5) is 11.9. The van der Waals surface area contributed by atoms with Gasteiger partial charge in [0.15, 0.2) is 0 Å². The quantitative estimate of drug-likeness (QED) is 0.755. The first kappa shape index (κ1) is 17.5. The summed E-state index contributed by atoms with van der Waals surface area (Å²) in [6, 6.07) is 6.52. The van der Waals surface area contributed by atoms with E-state index in [-0.39, 0.29) is 26.9 Å². The largest absolute Gasteiger partial charge is 0.328 e. The molecule has 0 unspecified atom stereocenters. The van der Waals surface area contributed by atoms with Gasteiger partial charge in [-0.15, -0.1) is 0 Å². The highest BCUT2D eigenvalue weighted by molar-refractivity contribution is 7.92. The average Bonchev–Trinajstić information content (AvgIpc) is 2.75. The minimum absolute atomic E-state index is 0.0792. The van der Waals surface area contributed by atoms with Crippen LogP contribution in [0.3, 0.4) is 0 Å². The minimum atomic E-state index is -3.96. The summed E-state index contributed by atoms with van der Waals surface area (Å²) in [5, 5.41) is 0.149. The number of anilines is 1. The standard InChI is InChI=1S/C16H15ClFN3O3S/c1-9-6-10(4-5-12(9)18)25(23,24)19-13-8-15-14(7-11(13)17)20(2)16(22)21(15)3/h4-8,19H,1-3H3. The van der Waals surface area contributed by atoms with Crippen molar-refractivity contribution in [1.29, 1.82) is 0 Å². The second-order valence-corrected chi connectivity index (χ2v) is 7.83. The molecule has 0 saturated heterocycles. The summed E-state index contributed by atoms with van der Waals surface area (Å²) in [5.74, 6) is -0.488. The molecule has 0 aliphatic heterocycles. The highest BCUT2D eigenvalue weighted by Gasteiger charge is 2.19. The zero-order valence-corrected chi connectivity index (χ0v) is 15.2. The average molecular weight is 384 g/mol. The van der Waals surface area contributed by atoms with Crippen molar-refractivity contribution in [2.45, 2.75) is 11.8 Å². The summed E-state index contributed by atoms with van der Waals surface area (Å²) < 4.78 is 43.7. The normalized spacial score (nSPS) is 11.9. The lowest BCUT2D eigenvalue weighted by molar-refractivity contribution is 0.598. The predicted molar refractivity (Wildman–Crippen MR) is 95.1 cm³/mol. The molecule has 0 saturated carbocycles. The van der Waals surface area contributed by atoms with E-state index < -0.39 is 15.8 Å². The van der Waals surface area contributed by atoms with Crippen LogP contribution in [0.15, 0.2) is 40.0 Å². The summed E-state index contributed by atoms with van der Waals surface area (Å²) in [7, 11) is -0.768. The molecule has 25 heavy (non-hydrogen) atoms. The van der Waals surface area contributed by atoms with Gasteiger partial charge < -0.3 is 0 Å². The number of imidazole rings is 1. The van der Waals surface area contributed by atoms with Gasteiger partial charge in [0.1, 0.15) is 5.82 Å². The van der Waals surface area contributed by atoms with Gasteiger partial charge in [0.05, 0.1) is 26.6 Å². The van der Waals surface area contributed by atoms with E-state index in [2.05, 4.69) is 4.72 Å². The van der Waals surface area contributed by atoms with Gasteiger partial charge in [0.25, 0.3) is 10.0 Å². The smallest absolute Gasteiger partial charge is 0.295 e. The van der Waals surface area contributed by atoms with E-state index in [0.29, 0.717) is 11.0 Å². The van der Waals surface area contributed by atoms with Crippen molar-refractivity contribution >= 4 is 38.3 Å². The fourth-order valence-corrected chi connectivity index (χ4v) is 4.00. The maximum atomic E-state index is 13.4. The SMILES string of the molecule is Cc1cc(S(=O)(=O)Nc2cc3c(cc2Cl)n(C)c(=O)n3C)ccc1F. The Kier molecular flexibility index (Phi) is 4.12. The summed E-state index contributed by atoms with van der Waals surface area (Å²) in [6.45, 7) is 1.48. The van der Waals surface area contributed by atoms with Crippen molar-refractivity contribution in [2.75, 3.05) is 4.72 Å². The van der Waals surface area contributed by atoms with Crippen molar-refractivity contribution in [1.82, 2.24) is 9.13 Å². The summed E-state index contributed by atoms with van der Waals surface area (Å²) >= 11 is 6.18. The highest BCUT2D eigenvalue weighted by atomic mass is 35.5. The molecular formula is C16H15ClFN3O3S. The van der Waals surface area contributed by atoms with Crippen LogP contribution < -0.4 is 10.4 Å². The predicted octanol–water partition coefficient (Wildman–Crippen LogP) is 2.78. The molecule has 1 aromatic heterocycles. The molecule has 6 nitrogen and oxygen atoms in total. The van der Waals surface area contributed by atoms with Crippen LogP contribution in [0.4, 0.5) is 10.1 Å². The number of nitrogens with zero attached hydrogens (tertiary/aromatic N) is 2. The van der Waals surface area contributed by atoms with Gasteiger partial charge in [-0.1, -0.05) is 11.6 Å². The van der Waals surface area contributed by atoms with Crippen molar-refractivity contribution in [3.63, 3.8) is 0 Å². The lowest BCUT2D eigenvalue weighted by Gasteiger charge is -2.11. The molecule has 0 amide bonds. The number of aromatic nitrogens is 2. The maximum absolute atomic E-state index is 13.4. The lowest BCUT2D eigenvalue weighted by Crippen LogP contribution is -2.19. The van der Waals surface area contributed by atoms with Crippen LogP contribution in [0.5, 0.6) is 0 Å². The second-order valence-electron chi connectivity index (χ2n) is 5.74. The van der Waals surface area contributed by atoms with Crippen LogP contribution in [0.2, 0.25) is 5.02 Å². The minimum Gasteiger partial charge on any atom is -0.295 e. The Balaban J connectivity index is 2.10. The fourth-order valence-electron chi connectivity index (χ4n) is 2.59. The maximum Gasteiger partial charge on any atom is 0.328 e. The Bertz CT molecular complexity index is 1170. The third-order valence-corrected chi connectivity index (χ3v) is 5.72. The third kappa shape index (κ3) is 2.91. The van der Waals surface area contributed by atoms with Gasteiger partial charge in [-0.25, -0.2) is 17.6 Å². The third-order valence-electron chi connectivity index (χ3n) is 4.04. The second kappa shape index (κ2) is 5.89.